The molecular formula is C17H16ClF5N2O5. The molecule has 30 heavy (non-hydrogen) atoms. The Hall–Kier alpha value is -2.89. The van der Waals surface area contributed by atoms with E-state index in [9.17, 15) is 36.3 Å². The van der Waals surface area contributed by atoms with E-state index in [2.05, 4.69) is 4.74 Å². The molecule has 0 saturated carbocycles. The zero-order valence-corrected chi connectivity index (χ0v) is 16.5. The summed E-state index contributed by atoms with van der Waals surface area (Å²) >= 11 is 5.74. The minimum absolute atomic E-state index is 0.381. The Morgan fingerprint density at radius 3 is 2.30 bits per heavy atom. The average Bonchev–Trinajstić information content (AvgIpc) is 2.59. The lowest BCUT2D eigenvalue weighted by Crippen LogP contribution is -2.36. The zero-order chi connectivity index (χ0) is 23.2. The largest absolute Gasteiger partial charge is 0.461 e. The van der Waals surface area contributed by atoms with Crippen LogP contribution in [0.3, 0.4) is 0 Å². The van der Waals surface area contributed by atoms with Crippen LogP contribution in [0, 0.1) is 5.82 Å². The molecule has 0 radical (unpaired) electrons. The monoisotopic (exact) mass is 458 g/mol. The van der Waals surface area contributed by atoms with Crippen molar-refractivity contribution in [1.29, 1.82) is 0 Å². The Bertz CT molecular complexity index is 871. The van der Waals surface area contributed by atoms with Gasteiger partial charge in [-0.1, -0.05) is 11.6 Å². The van der Waals surface area contributed by atoms with Crippen molar-refractivity contribution in [2.24, 2.45) is 0 Å². The fourth-order valence-corrected chi connectivity index (χ4v) is 2.12. The average molecular weight is 459 g/mol. The van der Waals surface area contributed by atoms with E-state index in [1.807, 2.05) is 0 Å². The fraction of sp³-hybridized carbons (Fsp3) is 0.353. The number of hydrogen-bond acceptors (Lipinski definition) is 5. The van der Waals surface area contributed by atoms with Gasteiger partial charge in [0.05, 0.1) is 29.0 Å². The van der Waals surface area contributed by atoms with E-state index in [-0.39, 0.29) is 10.6 Å². The maximum absolute atomic E-state index is 14.0. The molecule has 0 aliphatic heterocycles. The first-order chi connectivity index (χ1) is 13.8. The predicted molar refractivity (Wildman–Crippen MR) is 94.9 cm³/mol. The fourth-order valence-electron chi connectivity index (χ4n) is 1.89. The summed E-state index contributed by atoms with van der Waals surface area (Å²) in [5, 5.41) is 2.37. The van der Waals surface area contributed by atoms with Crippen LogP contribution in [-0.2, 0) is 14.3 Å². The lowest BCUT2D eigenvalue weighted by molar-refractivity contribution is -0.142. The molecule has 13 heteroatoms. The third-order valence-corrected chi connectivity index (χ3v) is 3.38. The number of halogens is 6. The van der Waals surface area contributed by atoms with E-state index in [0.717, 1.165) is 11.4 Å². The molecule has 0 unspecified atom stereocenters. The van der Waals surface area contributed by atoms with Gasteiger partial charge < -0.3 is 20.1 Å². The number of carbonyl (C=O) groups excluding carboxylic acids is 3. The molecule has 2 amide bonds. The number of carbonyl (C=O) groups is 3. The third kappa shape index (κ3) is 6.87. The lowest BCUT2D eigenvalue weighted by atomic mass is 10.2. The molecule has 0 aliphatic rings. The van der Waals surface area contributed by atoms with Crippen molar-refractivity contribution in [2.45, 2.75) is 33.1 Å². The second-order valence-electron chi connectivity index (χ2n) is 5.75. The number of ether oxygens (including phenoxy) is 2. The van der Waals surface area contributed by atoms with Crippen LogP contribution in [0.5, 0.6) is 0 Å². The molecule has 7 nitrogen and oxygen atoms in total. The van der Waals surface area contributed by atoms with Crippen molar-refractivity contribution >= 4 is 35.3 Å². The van der Waals surface area contributed by atoms with Gasteiger partial charge in [0.1, 0.15) is 5.82 Å². The van der Waals surface area contributed by atoms with Crippen LogP contribution in [0.15, 0.2) is 23.7 Å². The molecule has 2 N–H and O–H groups in total. The van der Waals surface area contributed by atoms with Crippen molar-refractivity contribution in [1.82, 2.24) is 5.32 Å². The van der Waals surface area contributed by atoms with Gasteiger partial charge in [-0.15, -0.1) is 0 Å². The van der Waals surface area contributed by atoms with E-state index in [4.69, 9.17) is 16.3 Å². The number of amides is 2. The van der Waals surface area contributed by atoms with Gasteiger partial charge in [0.25, 0.3) is 0 Å². The Morgan fingerprint density at radius 2 is 1.80 bits per heavy atom. The maximum atomic E-state index is 14.0. The van der Waals surface area contributed by atoms with Gasteiger partial charge in [-0.2, -0.15) is 17.6 Å². The Balaban J connectivity index is 3.18. The van der Waals surface area contributed by atoms with Crippen molar-refractivity contribution in [2.75, 3.05) is 11.9 Å². The van der Waals surface area contributed by atoms with E-state index in [1.54, 1.807) is 5.32 Å². The molecule has 0 atom stereocenters. The first-order valence-corrected chi connectivity index (χ1v) is 8.57. The van der Waals surface area contributed by atoms with Gasteiger partial charge in [-0.25, -0.2) is 18.8 Å². The molecule has 0 fully saturated rings. The number of benzene rings is 1. The first-order valence-electron chi connectivity index (χ1n) is 8.20. The van der Waals surface area contributed by atoms with Crippen LogP contribution in [0.25, 0.3) is 0 Å². The van der Waals surface area contributed by atoms with Crippen LogP contribution in [0.1, 0.15) is 31.1 Å². The summed E-state index contributed by atoms with van der Waals surface area (Å²) in [6.07, 6.45) is -6.05. The Labute approximate surface area is 172 Å². The van der Waals surface area contributed by atoms with Crippen molar-refractivity contribution < 1.29 is 45.8 Å². The van der Waals surface area contributed by atoms with E-state index < -0.39 is 59.9 Å². The van der Waals surface area contributed by atoms with E-state index >= 15 is 0 Å². The highest BCUT2D eigenvalue weighted by Gasteiger charge is 2.41. The molecule has 0 aliphatic carbocycles. The standard InChI is InChI=1S/C17H16ClF5N2O5/c1-4-29-15(27)12(20)13(17(21,22)23)25-16(28)24-11-5-8(9(18)6-10(11)19)14(26)30-7(2)3/h5-7H,4H2,1-3H3,(H2,24,25,28). The third-order valence-electron chi connectivity index (χ3n) is 3.06. The summed E-state index contributed by atoms with van der Waals surface area (Å²) in [4.78, 5) is 35.0. The van der Waals surface area contributed by atoms with Crippen LogP contribution in [0.4, 0.5) is 32.4 Å². The predicted octanol–water partition coefficient (Wildman–Crippen LogP) is 4.47. The molecule has 0 spiro atoms. The first kappa shape index (κ1) is 25.1. The minimum Gasteiger partial charge on any atom is -0.461 e. The number of alkyl halides is 3. The second kappa shape index (κ2) is 10.2. The van der Waals surface area contributed by atoms with Crippen molar-refractivity contribution in [3.63, 3.8) is 0 Å². The van der Waals surface area contributed by atoms with Crippen LogP contribution in [0.2, 0.25) is 5.02 Å². The van der Waals surface area contributed by atoms with Gasteiger partial charge in [0.2, 0.25) is 5.83 Å². The number of nitrogens with one attached hydrogen (secondary N) is 2. The highest BCUT2D eigenvalue weighted by molar-refractivity contribution is 6.33. The highest BCUT2D eigenvalue weighted by atomic mass is 35.5. The number of allylic oxidation sites excluding steroid dienone is 1. The molecule has 0 bridgehead atoms. The van der Waals surface area contributed by atoms with Crippen LogP contribution >= 0.6 is 11.6 Å². The molecule has 0 heterocycles. The molecule has 1 aromatic carbocycles. The SMILES string of the molecule is CCOC(=O)C(F)=C(NC(=O)Nc1cc(C(=O)OC(C)C)c(Cl)cc1F)C(F)(F)F. The molecule has 1 rings (SSSR count). The summed E-state index contributed by atoms with van der Waals surface area (Å²) in [5.41, 5.74) is -3.50. The van der Waals surface area contributed by atoms with Gasteiger partial charge >= 0.3 is 24.1 Å². The zero-order valence-electron chi connectivity index (χ0n) is 15.7. The summed E-state index contributed by atoms with van der Waals surface area (Å²) in [6.45, 7) is 3.84. The molecule has 166 valence electrons. The highest BCUT2D eigenvalue weighted by Crippen LogP contribution is 2.28. The Kier molecular flexibility index (Phi) is 8.58. The van der Waals surface area contributed by atoms with Gasteiger partial charge in [0, 0.05) is 0 Å². The summed E-state index contributed by atoms with van der Waals surface area (Å²) in [7, 11) is 0. The minimum atomic E-state index is -5.49. The molecule has 1 aromatic rings. The normalized spacial score (nSPS) is 12.2. The van der Waals surface area contributed by atoms with Crippen LogP contribution in [-0.4, -0.2) is 36.9 Å². The second-order valence-corrected chi connectivity index (χ2v) is 6.16. The smallest absolute Gasteiger partial charge is 0.434 e. The number of esters is 2. The lowest BCUT2D eigenvalue weighted by Gasteiger charge is -2.16. The van der Waals surface area contributed by atoms with Crippen molar-refractivity contribution in [3.8, 4) is 0 Å². The summed E-state index contributed by atoms with van der Waals surface area (Å²) in [5.74, 6) is -6.55. The van der Waals surface area contributed by atoms with Crippen molar-refractivity contribution in [3.05, 3.63) is 40.1 Å². The number of rotatable bonds is 6. The molecular weight excluding hydrogens is 443 g/mol. The van der Waals surface area contributed by atoms with E-state index in [1.165, 1.54) is 20.8 Å². The topological polar surface area (TPSA) is 93.7 Å². The molecule has 0 saturated heterocycles. The van der Waals surface area contributed by atoms with Gasteiger partial charge in [-0.3, -0.25) is 0 Å². The Morgan fingerprint density at radius 1 is 1.20 bits per heavy atom. The van der Waals surface area contributed by atoms with Gasteiger partial charge in [0.15, 0.2) is 5.70 Å². The summed E-state index contributed by atoms with van der Waals surface area (Å²) in [6, 6.07) is -0.416. The molecule has 0 aromatic heterocycles. The van der Waals surface area contributed by atoms with Crippen LogP contribution < -0.4 is 10.6 Å². The quantitative estimate of drug-likeness (QED) is 0.372. The maximum Gasteiger partial charge on any atom is 0.434 e. The van der Waals surface area contributed by atoms with Gasteiger partial charge in [-0.05, 0) is 32.9 Å². The summed E-state index contributed by atoms with van der Waals surface area (Å²) < 4.78 is 75.7. The number of anilines is 1. The number of hydrogen-bond donors (Lipinski definition) is 2. The number of urea groups is 1. The van der Waals surface area contributed by atoms with E-state index in [0.29, 0.717) is 6.07 Å².